The smallest absolute Gasteiger partial charge is 0.263 e. The van der Waals surface area contributed by atoms with Crippen molar-refractivity contribution >= 4 is 44.2 Å². The van der Waals surface area contributed by atoms with Crippen LogP contribution in [-0.2, 0) is 4.74 Å². The molecule has 1 saturated heterocycles. The summed E-state index contributed by atoms with van der Waals surface area (Å²) in [6.45, 7) is 6.78. The number of thiazole rings is 1. The highest BCUT2D eigenvalue weighted by molar-refractivity contribution is 7.22. The number of hydrogen-bond donors (Lipinski definition) is 0. The zero-order chi connectivity index (χ0) is 22.5. The van der Waals surface area contributed by atoms with Gasteiger partial charge in [-0.3, -0.25) is 14.6 Å². The second-order valence-corrected chi connectivity index (χ2v) is 8.73. The van der Waals surface area contributed by atoms with Crippen LogP contribution in [0.4, 0.5) is 5.13 Å². The van der Waals surface area contributed by atoms with Gasteiger partial charge in [0.05, 0.1) is 37.2 Å². The number of rotatable bonds is 8. The van der Waals surface area contributed by atoms with Crippen molar-refractivity contribution in [1.29, 1.82) is 0 Å². The minimum atomic E-state index is -0.199. The van der Waals surface area contributed by atoms with Crippen LogP contribution < -0.4 is 14.4 Å². The Morgan fingerprint density at radius 1 is 1.25 bits per heavy atom. The van der Waals surface area contributed by atoms with Crippen LogP contribution >= 0.6 is 22.9 Å². The topological polar surface area (TPSA) is 64.1 Å². The number of benzene rings is 2. The summed E-state index contributed by atoms with van der Waals surface area (Å²) in [5, 5.41) is 1.10. The summed E-state index contributed by atoms with van der Waals surface area (Å²) >= 11 is 7.68. The molecule has 0 bridgehead atoms. The Labute approximate surface area is 196 Å². The van der Waals surface area contributed by atoms with Gasteiger partial charge in [-0.05, 0) is 37.3 Å². The number of amides is 1. The summed E-state index contributed by atoms with van der Waals surface area (Å²) in [5.41, 5.74) is 1.17. The molecule has 170 valence electrons. The molecule has 0 N–H and O–H groups in total. The van der Waals surface area contributed by atoms with Crippen LogP contribution in [0, 0.1) is 0 Å². The van der Waals surface area contributed by atoms with Gasteiger partial charge in [0.1, 0.15) is 17.0 Å². The lowest BCUT2D eigenvalue weighted by Gasteiger charge is -2.29. The average Bonchev–Trinajstić information content (AvgIpc) is 3.25. The molecule has 32 heavy (non-hydrogen) atoms. The van der Waals surface area contributed by atoms with Gasteiger partial charge < -0.3 is 14.2 Å². The predicted octanol–water partition coefficient (Wildman–Crippen LogP) is 4.34. The van der Waals surface area contributed by atoms with Crippen molar-refractivity contribution in [3.05, 3.63) is 47.0 Å². The van der Waals surface area contributed by atoms with Gasteiger partial charge in [0.25, 0.3) is 5.91 Å². The lowest BCUT2D eigenvalue weighted by atomic mass is 10.1. The highest BCUT2D eigenvalue weighted by Gasteiger charge is 2.26. The van der Waals surface area contributed by atoms with Gasteiger partial charge >= 0.3 is 0 Å². The van der Waals surface area contributed by atoms with E-state index in [1.165, 1.54) is 11.3 Å². The number of hydrogen-bond acceptors (Lipinski definition) is 7. The fraction of sp³-hybridized carbons (Fsp3) is 0.391. The molecule has 0 aliphatic carbocycles. The molecule has 7 nitrogen and oxygen atoms in total. The molecule has 2 aromatic carbocycles. The number of carbonyl (C=O) groups is 1. The molecule has 1 amide bonds. The number of nitrogens with zero attached hydrogens (tertiary/aromatic N) is 3. The SMILES string of the molecule is CCOc1cccc2sc(N(CCN3CCOCC3)C(=O)c3cc(Cl)ccc3OC)nc12. The molecule has 0 saturated carbocycles. The minimum absolute atomic E-state index is 0.199. The summed E-state index contributed by atoms with van der Waals surface area (Å²) in [5.74, 6) is 0.995. The van der Waals surface area contributed by atoms with E-state index >= 15 is 0 Å². The van der Waals surface area contributed by atoms with Crippen LogP contribution in [0.3, 0.4) is 0 Å². The highest BCUT2D eigenvalue weighted by atomic mass is 35.5. The molecule has 3 aromatic rings. The van der Waals surface area contributed by atoms with Gasteiger partial charge in [0.15, 0.2) is 5.13 Å². The predicted molar refractivity (Wildman–Crippen MR) is 128 cm³/mol. The summed E-state index contributed by atoms with van der Waals surface area (Å²) in [6.07, 6.45) is 0. The van der Waals surface area contributed by atoms with E-state index in [1.807, 2.05) is 25.1 Å². The van der Waals surface area contributed by atoms with Crippen LogP contribution in [0.1, 0.15) is 17.3 Å². The molecular weight excluding hydrogens is 450 g/mol. The monoisotopic (exact) mass is 475 g/mol. The Kier molecular flexibility index (Phi) is 7.47. The third kappa shape index (κ3) is 4.99. The zero-order valence-corrected chi connectivity index (χ0v) is 19.7. The first-order valence-corrected chi connectivity index (χ1v) is 11.8. The Hall–Kier alpha value is -2.39. The molecule has 9 heteroatoms. The van der Waals surface area contributed by atoms with Crippen molar-refractivity contribution in [3.8, 4) is 11.5 Å². The van der Waals surface area contributed by atoms with Crippen molar-refractivity contribution < 1.29 is 19.0 Å². The van der Waals surface area contributed by atoms with Crippen LogP contribution in [0.5, 0.6) is 11.5 Å². The average molecular weight is 476 g/mol. The molecule has 1 fully saturated rings. The number of morpholine rings is 1. The Morgan fingerprint density at radius 2 is 2.06 bits per heavy atom. The van der Waals surface area contributed by atoms with E-state index < -0.39 is 0 Å². The van der Waals surface area contributed by atoms with Crippen LogP contribution in [0.2, 0.25) is 5.02 Å². The first-order chi connectivity index (χ1) is 15.6. The van der Waals surface area contributed by atoms with Gasteiger partial charge in [-0.2, -0.15) is 0 Å². The zero-order valence-electron chi connectivity index (χ0n) is 18.2. The summed E-state index contributed by atoms with van der Waals surface area (Å²) in [4.78, 5) is 22.5. The molecule has 0 spiro atoms. The number of anilines is 1. The maximum atomic E-state index is 13.7. The van der Waals surface area contributed by atoms with Gasteiger partial charge in [0.2, 0.25) is 0 Å². The van der Waals surface area contributed by atoms with E-state index in [2.05, 4.69) is 4.90 Å². The van der Waals surface area contributed by atoms with Crippen molar-refractivity contribution in [1.82, 2.24) is 9.88 Å². The molecule has 2 heterocycles. The quantitative estimate of drug-likeness (QED) is 0.483. The molecule has 1 aromatic heterocycles. The molecule has 1 aliphatic heterocycles. The van der Waals surface area contributed by atoms with Gasteiger partial charge in [-0.15, -0.1) is 0 Å². The van der Waals surface area contributed by atoms with E-state index in [0.717, 1.165) is 23.3 Å². The maximum Gasteiger partial charge on any atom is 0.263 e. The summed E-state index contributed by atoms with van der Waals surface area (Å²) in [7, 11) is 1.55. The summed E-state index contributed by atoms with van der Waals surface area (Å²) < 4.78 is 17.6. The third-order valence-corrected chi connectivity index (χ3v) is 6.56. The lowest BCUT2D eigenvalue weighted by Crippen LogP contribution is -2.43. The number of ether oxygens (including phenoxy) is 3. The van der Waals surface area contributed by atoms with E-state index in [9.17, 15) is 4.79 Å². The van der Waals surface area contributed by atoms with Crippen molar-refractivity contribution in [2.45, 2.75) is 6.92 Å². The number of para-hydroxylation sites is 1. The molecule has 0 atom stereocenters. The fourth-order valence-corrected chi connectivity index (χ4v) is 4.82. The van der Waals surface area contributed by atoms with Crippen LogP contribution in [0.15, 0.2) is 36.4 Å². The van der Waals surface area contributed by atoms with Gasteiger partial charge in [-0.1, -0.05) is 29.0 Å². The highest BCUT2D eigenvalue weighted by Crippen LogP contribution is 2.35. The van der Waals surface area contributed by atoms with Crippen molar-refractivity contribution in [3.63, 3.8) is 0 Å². The standard InChI is InChI=1S/C23H26ClN3O4S/c1-3-31-19-5-4-6-20-21(19)25-23(32-20)27(10-9-26-11-13-30-14-12-26)22(28)17-15-16(24)7-8-18(17)29-2/h4-8,15H,3,9-14H2,1-2H3. The number of fused-ring (bicyclic) bond motifs is 1. The molecule has 0 radical (unpaired) electrons. The molecule has 1 aliphatic rings. The molecular formula is C23H26ClN3O4S. The van der Waals surface area contributed by atoms with E-state index in [0.29, 0.717) is 60.1 Å². The Balaban J connectivity index is 1.70. The van der Waals surface area contributed by atoms with Crippen LogP contribution in [-0.4, -0.2) is 68.9 Å². The third-order valence-electron chi connectivity index (χ3n) is 5.28. The van der Waals surface area contributed by atoms with Gasteiger partial charge in [-0.25, -0.2) is 4.98 Å². The molecule has 0 unspecified atom stereocenters. The van der Waals surface area contributed by atoms with Crippen molar-refractivity contribution in [2.75, 3.05) is 58.0 Å². The van der Waals surface area contributed by atoms with E-state index in [1.54, 1.807) is 30.2 Å². The number of halogens is 1. The normalized spacial score (nSPS) is 14.5. The first kappa shape index (κ1) is 22.8. The molecule has 4 rings (SSSR count). The largest absolute Gasteiger partial charge is 0.496 e. The second kappa shape index (κ2) is 10.5. The van der Waals surface area contributed by atoms with Gasteiger partial charge in [0, 0.05) is 31.2 Å². The van der Waals surface area contributed by atoms with Crippen molar-refractivity contribution in [2.24, 2.45) is 0 Å². The second-order valence-electron chi connectivity index (χ2n) is 7.29. The Bertz CT molecular complexity index is 1080. The summed E-state index contributed by atoms with van der Waals surface area (Å²) in [6, 6.07) is 10.9. The number of methoxy groups -OCH3 is 1. The number of aromatic nitrogens is 1. The lowest BCUT2D eigenvalue weighted by molar-refractivity contribution is 0.0391. The number of carbonyl (C=O) groups excluding carboxylic acids is 1. The minimum Gasteiger partial charge on any atom is -0.496 e. The first-order valence-electron chi connectivity index (χ1n) is 10.6. The van der Waals surface area contributed by atoms with E-state index in [-0.39, 0.29) is 5.91 Å². The van der Waals surface area contributed by atoms with E-state index in [4.69, 9.17) is 30.8 Å². The van der Waals surface area contributed by atoms with Crippen LogP contribution in [0.25, 0.3) is 10.2 Å². The Morgan fingerprint density at radius 3 is 2.81 bits per heavy atom. The maximum absolute atomic E-state index is 13.7. The fourth-order valence-electron chi connectivity index (χ4n) is 3.64.